The first-order chi connectivity index (χ1) is 7.56. The number of methoxy groups -OCH3 is 1. The molecular formula is C11H22N2O3. The van der Waals surface area contributed by atoms with Gasteiger partial charge in [0.05, 0.1) is 18.8 Å². The molecule has 0 radical (unpaired) electrons. The Morgan fingerprint density at radius 3 is 2.88 bits per heavy atom. The molecule has 0 aromatic carbocycles. The molecule has 0 aromatic rings. The average molecular weight is 230 g/mol. The van der Waals surface area contributed by atoms with Crippen LogP contribution in [-0.4, -0.2) is 73.9 Å². The molecule has 1 aliphatic rings. The Bertz CT molecular complexity index is 235. The van der Waals surface area contributed by atoms with E-state index in [0.717, 1.165) is 19.4 Å². The van der Waals surface area contributed by atoms with Crippen LogP contribution in [0.25, 0.3) is 0 Å². The van der Waals surface area contributed by atoms with Crippen molar-refractivity contribution in [2.45, 2.75) is 25.0 Å². The number of ether oxygens (including phenoxy) is 1. The molecule has 1 fully saturated rings. The third kappa shape index (κ3) is 3.43. The van der Waals surface area contributed by atoms with Crippen molar-refractivity contribution < 1.29 is 14.6 Å². The Balaban J connectivity index is 2.40. The molecule has 0 saturated carbocycles. The highest BCUT2D eigenvalue weighted by Crippen LogP contribution is 2.16. The van der Waals surface area contributed by atoms with Gasteiger partial charge in [-0.2, -0.15) is 0 Å². The number of rotatable bonds is 5. The van der Waals surface area contributed by atoms with Crippen molar-refractivity contribution in [3.05, 3.63) is 0 Å². The van der Waals surface area contributed by atoms with Gasteiger partial charge in [0.25, 0.3) is 0 Å². The summed E-state index contributed by atoms with van der Waals surface area (Å²) in [4.78, 5) is 15.7. The Hall–Kier alpha value is -0.650. The molecule has 1 aliphatic heterocycles. The lowest BCUT2D eigenvalue weighted by molar-refractivity contribution is -0.135. The van der Waals surface area contributed by atoms with Gasteiger partial charge < -0.3 is 14.7 Å². The van der Waals surface area contributed by atoms with E-state index in [2.05, 4.69) is 4.90 Å². The van der Waals surface area contributed by atoms with Crippen LogP contribution in [0.1, 0.15) is 12.8 Å². The van der Waals surface area contributed by atoms with Crippen molar-refractivity contribution in [2.75, 3.05) is 40.9 Å². The van der Waals surface area contributed by atoms with Crippen LogP contribution < -0.4 is 0 Å². The minimum Gasteiger partial charge on any atom is -0.389 e. The van der Waals surface area contributed by atoms with Crippen molar-refractivity contribution in [3.8, 4) is 0 Å². The lowest BCUT2D eigenvalue weighted by atomic mass is 10.2. The third-order valence-corrected chi connectivity index (χ3v) is 3.03. The van der Waals surface area contributed by atoms with Crippen molar-refractivity contribution in [3.63, 3.8) is 0 Å². The number of nitrogens with zero attached hydrogens (tertiary/aromatic N) is 2. The van der Waals surface area contributed by atoms with Crippen molar-refractivity contribution in [1.29, 1.82) is 0 Å². The quantitative estimate of drug-likeness (QED) is 0.695. The molecule has 0 spiro atoms. The molecule has 0 aliphatic carbocycles. The predicted octanol–water partition coefficient (Wildman–Crippen LogP) is -0.454. The molecule has 1 heterocycles. The molecule has 1 N–H and O–H groups in total. The number of aliphatic hydroxyl groups excluding tert-OH is 1. The number of likely N-dealkylation sites (N-methyl/N-ethyl adjacent to an activating group) is 2. The molecule has 1 saturated heterocycles. The highest BCUT2D eigenvalue weighted by molar-refractivity contribution is 5.81. The highest BCUT2D eigenvalue weighted by atomic mass is 16.5. The first-order valence-electron chi connectivity index (χ1n) is 5.68. The minimum atomic E-state index is -0.606. The first-order valence-corrected chi connectivity index (χ1v) is 5.68. The van der Waals surface area contributed by atoms with Crippen LogP contribution >= 0.6 is 0 Å². The Morgan fingerprint density at radius 1 is 1.69 bits per heavy atom. The van der Waals surface area contributed by atoms with Crippen LogP contribution in [0.2, 0.25) is 0 Å². The van der Waals surface area contributed by atoms with Crippen LogP contribution in [-0.2, 0) is 9.53 Å². The van der Waals surface area contributed by atoms with Crippen LogP contribution in [0.4, 0.5) is 0 Å². The van der Waals surface area contributed by atoms with E-state index in [4.69, 9.17) is 4.74 Å². The topological polar surface area (TPSA) is 53.0 Å². The maximum atomic E-state index is 12.0. The second-order valence-electron chi connectivity index (χ2n) is 4.47. The summed E-state index contributed by atoms with van der Waals surface area (Å²) in [7, 11) is 5.23. The maximum Gasteiger partial charge on any atom is 0.239 e. The fourth-order valence-corrected chi connectivity index (χ4v) is 2.13. The van der Waals surface area contributed by atoms with Gasteiger partial charge in [0.1, 0.15) is 0 Å². The zero-order valence-corrected chi connectivity index (χ0v) is 10.3. The molecule has 0 aromatic heterocycles. The minimum absolute atomic E-state index is 0.0141. The van der Waals surface area contributed by atoms with E-state index in [0.29, 0.717) is 6.54 Å². The van der Waals surface area contributed by atoms with Gasteiger partial charge in [-0.05, 0) is 26.4 Å². The molecule has 16 heavy (non-hydrogen) atoms. The van der Waals surface area contributed by atoms with E-state index in [9.17, 15) is 9.90 Å². The molecule has 5 nitrogen and oxygen atoms in total. The summed E-state index contributed by atoms with van der Waals surface area (Å²) in [6.45, 7) is 1.57. The Labute approximate surface area is 97.0 Å². The molecular weight excluding hydrogens is 208 g/mol. The fourth-order valence-electron chi connectivity index (χ4n) is 2.13. The van der Waals surface area contributed by atoms with Gasteiger partial charge in [-0.1, -0.05) is 0 Å². The summed E-state index contributed by atoms with van der Waals surface area (Å²) in [5.74, 6) is 0.0927. The summed E-state index contributed by atoms with van der Waals surface area (Å²) in [5.41, 5.74) is 0. The van der Waals surface area contributed by atoms with E-state index < -0.39 is 6.10 Å². The number of amides is 1. The Kier molecular flexibility index (Phi) is 5.18. The van der Waals surface area contributed by atoms with Gasteiger partial charge in [-0.3, -0.25) is 9.69 Å². The second-order valence-corrected chi connectivity index (χ2v) is 4.47. The maximum absolute atomic E-state index is 12.0. The van der Waals surface area contributed by atoms with Crippen molar-refractivity contribution >= 4 is 5.91 Å². The van der Waals surface area contributed by atoms with E-state index in [1.807, 2.05) is 7.05 Å². The van der Waals surface area contributed by atoms with E-state index >= 15 is 0 Å². The first kappa shape index (κ1) is 13.4. The molecule has 1 amide bonds. The molecule has 2 atom stereocenters. The number of carbonyl (C=O) groups is 1. The predicted molar refractivity (Wildman–Crippen MR) is 61.2 cm³/mol. The average Bonchev–Trinajstić information content (AvgIpc) is 2.63. The van der Waals surface area contributed by atoms with Gasteiger partial charge in [-0.15, -0.1) is 0 Å². The number of aliphatic hydroxyl groups is 1. The molecule has 2 unspecified atom stereocenters. The monoisotopic (exact) mass is 230 g/mol. The smallest absolute Gasteiger partial charge is 0.239 e. The van der Waals surface area contributed by atoms with Crippen molar-refractivity contribution in [2.24, 2.45) is 0 Å². The summed E-state index contributed by atoms with van der Waals surface area (Å²) >= 11 is 0. The summed E-state index contributed by atoms with van der Waals surface area (Å²) in [6, 6.07) is -0.0141. The zero-order valence-electron chi connectivity index (χ0n) is 10.3. The number of hydrogen-bond donors (Lipinski definition) is 1. The van der Waals surface area contributed by atoms with Crippen LogP contribution in [0.3, 0.4) is 0 Å². The number of carbonyl (C=O) groups excluding carboxylic acids is 1. The molecule has 0 bridgehead atoms. The van der Waals surface area contributed by atoms with Crippen LogP contribution in [0, 0.1) is 0 Å². The largest absolute Gasteiger partial charge is 0.389 e. The summed E-state index contributed by atoms with van der Waals surface area (Å²) in [6.07, 6.45) is 1.38. The summed E-state index contributed by atoms with van der Waals surface area (Å²) < 4.78 is 4.83. The lowest BCUT2D eigenvalue weighted by Gasteiger charge is -2.26. The number of likely N-dealkylation sites (tertiary alicyclic amines) is 1. The van der Waals surface area contributed by atoms with Gasteiger partial charge in [-0.25, -0.2) is 0 Å². The van der Waals surface area contributed by atoms with E-state index in [1.54, 1.807) is 11.9 Å². The second kappa shape index (κ2) is 6.18. The zero-order chi connectivity index (χ0) is 12.1. The van der Waals surface area contributed by atoms with Crippen LogP contribution in [0.5, 0.6) is 0 Å². The summed E-state index contributed by atoms with van der Waals surface area (Å²) in [5, 5.41) is 9.54. The van der Waals surface area contributed by atoms with Gasteiger partial charge in [0.2, 0.25) is 5.91 Å². The van der Waals surface area contributed by atoms with E-state index in [-0.39, 0.29) is 18.6 Å². The van der Waals surface area contributed by atoms with Gasteiger partial charge in [0, 0.05) is 20.7 Å². The van der Waals surface area contributed by atoms with E-state index in [1.165, 1.54) is 7.11 Å². The third-order valence-electron chi connectivity index (χ3n) is 3.03. The molecule has 1 rings (SSSR count). The Morgan fingerprint density at radius 2 is 2.38 bits per heavy atom. The molecule has 94 valence electrons. The van der Waals surface area contributed by atoms with Gasteiger partial charge >= 0.3 is 0 Å². The fraction of sp³-hybridized carbons (Fsp3) is 0.909. The SMILES string of the molecule is COCC(O)CN(C)C(=O)C1CCCN1C. The molecule has 5 heteroatoms. The van der Waals surface area contributed by atoms with Crippen molar-refractivity contribution in [1.82, 2.24) is 9.80 Å². The van der Waals surface area contributed by atoms with Crippen LogP contribution in [0.15, 0.2) is 0 Å². The van der Waals surface area contributed by atoms with Gasteiger partial charge in [0.15, 0.2) is 0 Å². The standard InChI is InChI=1S/C11H22N2O3/c1-12-6-4-5-10(12)11(15)13(2)7-9(14)8-16-3/h9-10,14H,4-8H2,1-3H3. The number of hydrogen-bond acceptors (Lipinski definition) is 4. The highest BCUT2D eigenvalue weighted by Gasteiger charge is 2.30. The lowest BCUT2D eigenvalue weighted by Crippen LogP contribution is -2.45. The normalized spacial score (nSPS) is 23.4.